The van der Waals surface area contributed by atoms with Crippen LogP contribution in [0.25, 0.3) is 55.2 Å². The Bertz CT molecular complexity index is 3110. The van der Waals surface area contributed by atoms with Crippen molar-refractivity contribution >= 4 is 74.1 Å². The van der Waals surface area contributed by atoms with E-state index in [1.807, 2.05) is 30.3 Å². The first-order valence-corrected chi connectivity index (χ1v) is 21.5. The van der Waals surface area contributed by atoms with E-state index in [0.29, 0.717) is 5.89 Å². The van der Waals surface area contributed by atoms with Crippen molar-refractivity contribution in [3.05, 3.63) is 211 Å². The highest BCUT2D eigenvalue weighted by Gasteiger charge is 2.35. The van der Waals surface area contributed by atoms with Gasteiger partial charge in [0.2, 0.25) is 5.89 Å². The third-order valence-electron chi connectivity index (χ3n) is 12.0. The Labute approximate surface area is 340 Å². The molecule has 1 aliphatic rings. The van der Waals surface area contributed by atoms with E-state index in [2.05, 4.69) is 189 Å². The highest BCUT2D eigenvalue weighted by molar-refractivity contribution is 6.95. The first-order chi connectivity index (χ1) is 28.5. The van der Waals surface area contributed by atoms with Crippen molar-refractivity contribution in [2.24, 2.45) is 0 Å². The number of benzene rings is 9. The highest BCUT2D eigenvalue weighted by atomic mass is 28.3. The minimum Gasteiger partial charge on any atom is -0.435 e. The third-order valence-corrected chi connectivity index (χ3v) is 14.7. The molecule has 1 radical (unpaired) electrons. The molecule has 1 aliphatic carbocycles. The van der Waals surface area contributed by atoms with Gasteiger partial charge in [-0.1, -0.05) is 170 Å². The molecule has 0 N–H and O–H groups in total. The van der Waals surface area contributed by atoms with Crippen LogP contribution in [-0.2, 0) is 5.41 Å². The average Bonchev–Trinajstić information content (AvgIpc) is 3.81. The molecule has 3 nitrogen and oxygen atoms in total. The highest BCUT2D eigenvalue weighted by Crippen LogP contribution is 2.50. The maximum Gasteiger partial charge on any atom is 0.227 e. The Kier molecular flexibility index (Phi) is 8.02. The van der Waals surface area contributed by atoms with Gasteiger partial charge in [-0.15, -0.1) is 0 Å². The molecule has 0 fully saturated rings. The van der Waals surface area contributed by atoms with Crippen LogP contribution in [0.3, 0.4) is 0 Å². The summed E-state index contributed by atoms with van der Waals surface area (Å²) in [6.45, 7) is 4.69. The summed E-state index contributed by atoms with van der Waals surface area (Å²) >= 11 is 0. The molecule has 0 unspecified atom stereocenters. The number of anilines is 3. The number of nitrogens with zero attached hydrogens (tertiary/aromatic N) is 2. The minimum absolute atomic E-state index is 0.0825. The number of oxazole rings is 1. The zero-order valence-electron chi connectivity index (χ0n) is 32.4. The summed E-state index contributed by atoms with van der Waals surface area (Å²) in [6.07, 6.45) is 0. The van der Waals surface area contributed by atoms with Crippen LogP contribution in [0.4, 0.5) is 17.1 Å². The van der Waals surface area contributed by atoms with Crippen molar-refractivity contribution < 1.29 is 4.42 Å². The van der Waals surface area contributed by atoms with Crippen LogP contribution >= 0.6 is 0 Å². The molecule has 0 bridgehead atoms. The molecule has 4 heteroatoms. The van der Waals surface area contributed by atoms with Crippen molar-refractivity contribution in [3.63, 3.8) is 0 Å². The van der Waals surface area contributed by atoms with Gasteiger partial charge >= 0.3 is 0 Å². The van der Waals surface area contributed by atoms with Gasteiger partial charge in [0.05, 0.1) is 0 Å². The largest absolute Gasteiger partial charge is 0.435 e. The number of rotatable bonds is 7. The summed E-state index contributed by atoms with van der Waals surface area (Å²) < 4.78 is 6.65. The maximum atomic E-state index is 6.65. The maximum absolute atomic E-state index is 6.65. The molecule has 0 atom stereocenters. The summed E-state index contributed by atoms with van der Waals surface area (Å²) in [7, 11) is -1.31. The Morgan fingerprint density at radius 3 is 1.84 bits per heavy atom. The lowest BCUT2D eigenvalue weighted by Gasteiger charge is -2.28. The molecule has 11 rings (SSSR count). The van der Waals surface area contributed by atoms with E-state index in [-0.39, 0.29) is 5.41 Å². The molecular weight excluding hydrogens is 721 g/mol. The second-order valence-corrected chi connectivity index (χ2v) is 18.2. The van der Waals surface area contributed by atoms with E-state index in [4.69, 9.17) is 9.40 Å². The van der Waals surface area contributed by atoms with Gasteiger partial charge in [-0.2, -0.15) is 0 Å². The van der Waals surface area contributed by atoms with Gasteiger partial charge in [0, 0.05) is 33.4 Å². The van der Waals surface area contributed by atoms with Gasteiger partial charge in [-0.3, -0.25) is 0 Å². The first-order valence-electron chi connectivity index (χ1n) is 20.0. The second-order valence-electron chi connectivity index (χ2n) is 15.8. The van der Waals surface area contributed by atoms with Crippen molar-refractivity contribution in [2.75, 3.05) is 4.90 Å². The van der Waals surface area contributed by atoms with Gasteiger partial charge in [-0.05, 0) is 98.2 Å². The van der Waals surface area contributed by atoms with Gasteiger partial charge in [-0.25, -0.2) is 4.98 Å². The van der Waals surface area contributed by atoms with Gasteiger partial charge in [0.15, 0.2) is 14.4 Å². The quantitative estimate of drug-likeness (QED) is 0.0920. The average molecular weight is 760 g/mol. The third kappa shape index (κ3) is 5.60. The normalized spacial score (nSPS) is 12.9. The van der Waals surface area contributed by atoms with Crippen molar-refractivity contribution in [1.29, 1.82) is 0 Å². The molecule has 9 aromatic carbocycles. The molecule has 0 saturated heterocycles. The molecule has 0 saturated carbocycles. The fourth-order valence-electron chi connectivity index (χ4n) is 9.16. The van der Waals surface area contributed by atoms with E-state index in [1.54, 1.807) is 0 Å². The minimum atomic E-state index is -1.31. The van der Waals surface area contributed by atoms with Crippen LogP contribution in [0.5, 0.6) is 0 Å². The van der Waals surface area contributed by atoms with Crippen molar-refractivity contribution in [2.45, 2.75) is 19.3 Å². The number of aromatic nitrogens is 1. The Morgan fingerprint density at radius 2 is 1.07 bits per heavy atom. The molecule has 10 aromatic rings. The Hall–Kier alpha value is -7.01. The topological polar surface area (TPSA) is 29.3 Å². The lowest BCUT2D eigenvalue weighted by molar-refractivity contribution is 0.623. The van der Waals surface area contributed by atoms with Crippen molar-refractivity contribution in [3.8, 4) is 22.6 Å². The zero-order valence-corrected chi connectivity index (χ0v) is 33.4. The van der Waals surface area contributed by atoms with Gasteiger partial charge in [0.25, 0.3) is 0 Å². The first kappa shape index (κ1) is 34.3. The van der Waals surface area contributed by atoms with Crippen LogP contribution < -0.4 is 20.5 Å². The SMILES string of the molecule is CC1(C)c2ccccc2-c2cc(N(c3cccc([Si](c4ccccc4)c4ccccc4)c3)c3ccc4ccc5ccc6nc(-c7ccccc7)oc6c5c4c3)ccc21. The number of fused-ring (bicyclic) bond motifs is 8. The Morgan fingerprint density at radius 1 is 0.483 bits per heavy atom. The summed E-state index contributed by atoms with van der Waals surface area (Å²) in [5.41, 5.74) is 11.2. The van der Waals surface area contributed by atoms with E-state index in [9.17, 15) is 0 Å². The lowest BCUT2D eigenvalue weighted by atomic mass is 9.82. The van der Waals surface area contributed by atoms with Crippen LogP contribution in [-0.4, -0.2) is 13.8 Å². The molecule has 1 aromatic heterocycles. The molecule has 0 amide bonds. The number of hydrogen-bond donors (Lipinski definition) is 0. The molecule has 275 valence electrons. The summed E-state index contributed by atoms with van der Waals surface area (Å²) in [6, 6.07) is 72.9. The molecule has 58 heavy (non-hydrogen) atoms. The number of hydrogen-bond acceptors (Lipinski definition) is 3. The standard InChI is InChI=1S/C54H39N2OSi/c1-54(2)48-24-13-12-23-45(48)47-35-41(30-31-49(47)54)56(39-17-14-22-44(33-39)58(42-18-8-4-9-19-42)43-20-10-5-11-21-43)40-29-27-36-25-26-37-28-32-50-52(51(37)46(36)34-40)57-53(55-50)38-15-6-3-7-16-38/h3-35H,1-2H3. The van der Waals surface area contributed by atoms with Crippen LogP contribution in [0.1, 0.15) is 25.0 Å². The van der Waals surface area contributed by atoms with Gasteiger partial charge < -0.3 is 9.32 Å². The Balaban J connectivity index is 1.14. The van der Waals surface area contributed by atoms with Crippen LogP contribution in [0, 0.1) is 0 Å². The fraction of sp³-hybridized carbons (Fsp3) is 0.0556. The molecule has 0 aliphatic heterocycles. The van der Waals surface area contributed by atoms with E-state index in [0.717, 1.165) is 55.3 Å². The predicted octanol–water partition coefficient (Wildman–Crippen LogP) is 12.1. The molecular formula is C54H39N2OSi. The fourth-order valence-corrected chi connectivity index (χ4v) is 11.8. The molecule has 0 spiro atoms. The summed E-state index contributed by atoms with van der Waals surface area (Å²) in [5, 5.41) is 8.53. The summed E-state index contributed by atoms with van der Waals surface area (Å²) in [5.74, 6) is 0.630. The zero-order chi connectivity index (χ0) is 38.8. The van der Waals surface area contributed by atoms with Crippen molar-refractivity contribution in [1.82, 2.24) is 4.98 Å². The van der Waals surface area contributed by atoms with Crippen LogP contribution in [0.15, 0.2) is 205 Å². The smallest absolute Gasteiger partial charge is 0.227 e. The van der Waals surface area contributed by atoms with Crippen LogP contribution in [0.2, 0.25) is 0 Å². The predicted molar refractivity (Wildman–Crippen MR) is 244 cm³/mol. The molecule has 1 heterocycles. The van der Waals surface area contributed by atoms with E-state index < -0.39 is 8.80 Å². The lowest BCUT2D eigenvalue weighted by Crippen LogP contribution is -2.51. The summed E-state index contributed by atoms with van der Waals surface area (Å²) in [4.78, 5) is 7.40. The van der Waals surface area contributed by atoms with Gasteiger partial charge in [0.1, 0.15) is 5.52 Å². The van der Waals surface area contributed by atoms with E-state index >= 15 is 0 Å². The van der Waals surface area contributed by atoms with E-state index in [1.165, 1.54) is 37.8 Å². The second kappa shape index (κ2) is 13.6. The monoisotopic (exact) mass is 759 g/mol.